The van der Waals surface area contributed by atoms with Gasteiger partial charge in [-0.2, -0.15) is 4.31 Å². The van der Waals surface area contributed by atoms with Crippen LogP contribution in [-0.4, -0.2) is 36.4 Å². The van der Waals surface area contributed by atoms with Crippen molar-refractivity contribution in [3.05, 3.63) is 28.8 Å². The zero-order valence-corrected chi connectivity index (χ0v) is 13.3. The highest BCUT2D eigenvalue weighted by Crippen LogP contribution is 2.31. The fraction of sp³-hybridized carbons (Fsp3) is 0.500. The Hall–Kier alpha value is -1.11. The van der Waals surface area contributed by atoms with Crippen LogP contribution >= 0.6 is 11.6 Å². The minimum absolute atomic E-state index is 0.0569. The van der Waals surface area contributed by atoms with Gasteiger partial charge in [-0.1, -0.05) is 24.1 Å². The van der Waals surface area contributed by atoms with Crippen LogP contribution in [0.1, 0.15) is 31.2 Å². The second-order valence-electron chi connectivity index (χ2n) is 5.30. The summed E-state index contributed by atoms with van der Waals surface area (Å²) in [4.78, 5) is 11.0. The van der Waals surface area contributed by atoms with Crippen LogP contribution in [-0.2, 0) is 14.8 Å². The van der Waals surface area contributed by atoms with E-state index in [1.807, 2.05) is 0 Å². The number of carbonyl (C=O) groups is 1. The first-order chi connectivity index (χ1) is 9.82. The van der Waals surface area contributed by atoms with E-state index in [2.05, 4.69) is 0 Å². The molecular formula is C14H18ClNO4S. The van der Waals surface area contributed by atoms with Crippen molar-refractivity contribution in [1.29, 1.82) is 0 Å². The molecular weight excluding hydrogens is 314 g/mol. The SMILES string of the molecule is Cc1ccc(Cl)c(S(=O)(=O)N2CCCCC2CC(=O)O)c1. The number of halogens is 1. The highest BCUT2D eigenvalue weighted by atomic mass is 35.5. The van der Waals surface area contributed by atoms with Crippen LogP contribution in [0.25, 0.3) is 0 Å². The minimum atomic E-state index is -3.77. The molecule has 0 aliphatic carbocycles. The van der Waals surface area contributed by atoms with Crippen LogP contribution in [0.2, 0.25) is 5.02 Å². The Balaban J connectivity index is 2.40. The van der Waals surface area contributed by atoms with Gasteiger partial charge in [-0.3, -0.25) is 4.79 Å². The molecule has 1 atom stereocenters. The van der Waals surface area contributed by atoms with E-state index in [1.54, 1.807) is 19.1 Å². The third kappa shape index (κ3) is 3.56. The molecule has 2 rings (SSSR count). The number of aryl methyl sites for hydroxylation is 1. The van der Waals surface area contributed by atoms with Crippen molar-refractivity contribution in [2.24, 2.45) is 0 Å². The number of hydrogen-bond donors (Lipinski definition) is 1. The fourth-order valence-electron chi connectivity index (χ4n) is 2.63. The fourth-order valence-corrected chi connectivity index (χ4v) is 4.88. The molecule has 7 heteroatoms. The van der Waals surface area contributed by atoms with Crippen molar-refractivity contribution in [2.75, 3.05) is 6.54 Å². The van der Waals surface area contributed by atoms with Gasteiger partial charge in [-0.15, -0.1) is 0 Å². The van der Waals surface area contributed by atoms with Gasteiger partial charge in [0.1, 0.15) is 4.90 Å². The topological polar surface area (TPSA) is 74.7 Å². The van der Waals surface area contributed by atoms with Crippen molar-refractivity contribution < 1.29 is 18.3 Å². The lowest BCUT2D eigenvalue weighted by atomic mass is 10.0. The average Bonchev–Trinajstić information content (AvgIpc) is 2.41. The average molecular weight is 332 g/mol. The number of carboxylic acid groups (broad SMARTS) is 1. The molecule has 1 aliphatic heterocycles. The number of piperidine rings is 1. The van der Waals surface area contributed by atoms with E-state index in [-0.39, 0.29) is 16.3 Å². The summed E-state index contributed by atoms with van der Waals surface area (Å²) in [6.45, 7) is 2.13. The number of rotatable bonds is 4. The molecule has 1 heterocycles. The molecule has 1 aliphatic rings. The number of carboxylic acids is 1. The summed E-state index contributed by atoms with van der Waals surface area (Å²) >= 11 is 6.03. The second-order valence-corrected chi connectivity index (χ2v) is 7.56. The standard InChI is InChI=1S/C14H18ClNO4S/c1-10-5-6-12(15)13(8-10)21(19,20)16-7-3-2-4-11(16)9-14(17)18/h5-6,8,11H,2-4,7,9H2,1H3,(H,17,18). The van der Waals surface area contributed by atoms with E-state index in [4.69, 9.17) is 16.7 Å². The Morgan fingerprint density at radius 3 is 2.81 bits per heavy atom. The summed E-state index contributed by atoms with van der Waals surface area (Å²) in [6.07, 6.45) is 1.96. The van der Waals surface area contributed by atoms with E-state index in [1.165, 1.54) is 10.4 Å². The number of hydrogen-bond acceptors (Lipinski definition) is 3. The first kappa shape index (κ1) is 16.3. The molecule has 0 radical (unpaired) electrons. The Bertz CT molecular complexity index is 644. The van der Waals surface area contributed by atoms with E-state index >= 15 is 0 Å². The zero-order chi connectivity index (χ0) is 15.6. The summed E-state index contributed by atoms with van der Waals surface area (Å²) < 4.78 is 26.9. The Labute approximate surface area is 129 Å². The Kier molecular flexibility index (Phi) is 4.91. The van der Waals surface area contributed by atoms with Gasteiger partial charge in [-0.05, 0) is 37.5 Å². The predicted octanol–water partition coefficient (Wildman–Crippen LogP) is 2.67. The summed E-state index contributed by atoms with van der Waals surface area (Å²) in [5.41, 5.74) is 0.796. The van der Waals surface area contributed by atoms with E-state index in [0.29, 0.717) is 13.0 Å². The maximum absolute atomic E-state index is 12.8. The van der Waals surface area contributed by atoms with Gasteiger partial charge in [0.2, 0.25) is 10.0 Å². The number of nitrogens with zero attached hydrogens (tertiary/aromatic N) is 1. The highest BCUT2D eigenvalue weighted by molar-refractivity contribution is 7.89. The number of sulfonamides is 1. The Morgan fingerprint density at radius 1 is 1.43 bits per heavy atom. The second kappa shape index (κ2) is 6.34. The molecule has 1 N–H and O–H groups in total. The molecule has 21 heavy (non-hydrogen) atoms. The van der Waals surface area contributed by atoms with Crippen molar-refractivity contribution >= 4 is 27.6 Å². The van der Waals surface area contributed by atoms with Crippen molar-refractivity contribution in [3.63, 3.8) is 0 Å². The molecule has 0 bridgehead atoms. The normalized spacial score (nSPS) is 20.4. The first-order valence-electron chi connectivity index (χ1n) is 6.82. The molecule has 1 aromatic carbocycles. The van der Waals surface area contributed by atoms with Gasteiger partial charge >= 0.3 is 5.97 Å². The molecule has 0 amide bonds. The molecule has 0 aromatic heterocycles. The molecule has 1 unspecified atom stereocenters. The predicted molar refractivity (Wildman–Crippen MR) is 80.0 cm³/mol. The molecule has 1 fully saturated rings. The molecule has 1 aromatic rings. The van der Waals surface area contributed by atoms with Gasteiger partial charge in [0.25, 0.3) is 0 Å². The number of aliphatic carboxylic acids is 1. The van der Waals surface area contributed by atoms with Crippen LogP contribution in [0, 0.1) is 6.92 Å². The summed E-state index contributed by atoms with van der Waals surface area (Å²) in [7, 11) is -3.77. The van der Waals surface area contributed by atoms with E-state index in [9.17, 15) is 13.2 Å². The van der Waals surface area contributed by atoms with Gasteiger partial charge in [-0.25, -0.2) is 8.42 Å². The van der Waals surface area contributed by atoms with Gasteiger partial charge in [0.15, 0.2) is 0 Å². The molecule has 1 saturated heterocycles. The summed E-state index contributed by atoms with van der Waals surface area (Å²) in [6, 6.07) is 4.33. The van der Waals surface area contributed by atoms with Crippen molar-refractivity contribution in [2.45, 2.75) is 43.5 Å². The summed E-state index contributed by atoms with van der Waals surface area (Å²) in [5.74, 6) is -0.988. The highest BCUT2D eigenvalue weighted by Gasteiger charge is 2.35. The summed E-state index contributed by atoms with van der Waals surface area (Å²) in [5, 5.41) is 9.14. The van der Waals surface area contributed by atoms with Gasteiger partial charge in [0.05, 0.1) is 11.4 Å². The third-order valence-electron chi connectivity index (χ3n) is 3.66. The van der Waals surface area contributed by atoms with Gasteiger partial charge < -0.3 is 5.11 Å². The smallest absolute Gasteiger partial charge is 0.304 e. The molecule has 5 nitrogen and oxygen atoms in total. The van der Waals surface area contributed by atoms with E-state index in [0.717, 1.165) is 18.4 Å². The number of benzene rings is 1. The van der Waals surface area contributed by atoms with Crippen LogP contribution in [0.4, 0.5) is 0 Å². The molecule has 0 saturated carbocycles. The van der Waals surface area contributed by atoms with Crippen molar-refractivity contribution in [3.8, 4) is 0 Å². The van der Waals surface area contributed by atoms with Crippen LogP contribution in [0.5, 0.6) is 0 Å². The van der Waals surface area contributed by atoms with Gasteiger partial charge in [0, 0.05) is 12.6 Å². The monoisotopic (exact) mass is 331 g/mol. The minimum Gasteiger partial charge on any atom is -0.481 e. The third-order valence-corrected chi connectivity index (χ3v) is 6.09. The molecule has 0 spiro atoms. The van der Waals surface area contributed by atoms with Crippen LogP contribution in [0.15, 0.2) is 23.1 Å². The lowest BCUT2D eigenvalue weighted by molar-refractivity contribution is -0.138. The largest absolute Gasteiger partial charge is 0.481 e. The lowest BCUT2D eigenvalue weighted by Gasteiger charge is -2.34. The van der Waals surface area contributed by atoms with Crippen LogP contribution < -0.4 is 0 Å². The van der Waals surface area contributed by atoms with Crippen LogP contribution in [0.3, 0.4) is 0 Å². The molecule has 116 valence electrons. The van der Waals surface area contributed by atoms with E-state index < -0.39 is 22.0 Å². The zero-order valence-electron chi connectivity index (χ0n) is 11.8. The maximum Gasteiger partial charge on any atom is 0.304 e. The van der Waals surface area contributed by atoms with Crippen molar-refractivity contribution in [1.82, 2.24) is 4.31 Å². The lowest BCUT2D eigenvalue weighted by Crippen LogP contribution is -2.44. The maximum atomic E-state index is 12.8. The Morgan fingerprint density at radius 2 is 2.14 bits per heavy atom. The first-order valence-corrected chi connectivity index (χ1v) is 8.64. The quantitative estimate of drug-likeness (QED) is 0.920.